The zero-order valence-corrected chi connectivity index (χ0v) is 11.9. The highest BCUT2D eigenvalue weighted by atomic mass is 32.1. The number of nitrogens with zero attached hydrogens (tertiary/aromatic N) is 1. The van der Waals surface area contributed by atoms with Crippen molar-refractivity contribution in [2.45, 2.75) is 20.3 Å². The summed E-state index contributed by atoms with van der Waals surface area (Å²) in [5, 5.41) is 0. The quantitative estimate of drug-likeness (QED) is 0.676. The monoisotopic (exact) mass is 268 g/mol. The molecule has 3 heteroatoms. The maximum atomic E-state index is 5.48. The van der Waals surface area contributed by atoms with Gasteiger partial charge in [-0.25, -0.2) is 0 Å². The molecule has 2 nitrogen and oxygen atoms in total. The lowest BCUT2D eigenvalue weighted by Gasteiger charge is -2.08. The first-order valence-corrected chi connectivity index (χ1v) is 6.91. The van der Waals surface area contributed by atoms with Gasteiger partial charge in [0.25, 0.3) is 0 Å². The van der Waals surface area contributed by atoms with Crippen LogP contribution in [-0.2, 0) is 6.42 Å². The number of imidazole rings is 1. The molecular formula is C16H16N2S. The molecule has 0 spiro atoms. The number of nitrogens with one attached hydrogen (secondary N) is 1. The molecule has 3 aromatic rings. The van der Waals surface area contributed by atoms with Crippen molar-refractivity contribution in [1.82, 2.24) is 9.55 Å². The zero-order valence-electron chi connectivity index (χ0n) is 11.1. The van der Waals surface area contributed by atoms with Gasteiger partial charge in [0.2, 0.25) is 0 Å². The number of aryl methyl sites for hydroxylation is 2. The third kappa shape index (κ3) is 2.00. The average Bonchev–Trinajstić information content (AvgIpc) is 2.76. The van der Waals surface area contributed by atoms with E-state index in [9.17, 15) is 0 Å². The molecule has 0 aliphatic heterocycles. The molecule has 1 heterocycles. The summed E-state index contributed by atoms with van der Waals surface area (Å²) in [7, 11) is 0. The number of fused-ring (bicyclic) bond motifs is 1. The topological polar surface area (TPSA) is 20.7 Å². The molecule has 0 aliphatic rings. The van der Waals surface area contributed by atoms with Gasteiger partial charge in [-0.05, 0) is 54.9 Å². The van der Waals surface area contributed by atoms with Crippen LogP contribution in [0.1, 0.15) is 18.1 Å². The molecule has 0 unspecified atom stereocenters. The Bertz CT molecular complexity index is 796. The molecule has 0 amide bonds. The van der Waals surface area contributed by atoms with Crippen molar-refractivity contribution in [3.05, 3.63) is 58.4 Å². The van der Waals surface area contributed by atoms with E-state index < -0.39 is 0 Å². The lowest BCUT2D eigenvalue weighted by Crippen LogP contribution is -1.96. The number of benzene rings is 2. The van der Waals surface area contributed by atoms with E-state index in [1.807, 2.05) is 0 Å². The fraction of sp³-hybridized carbons (Fsp3) is 0.188. The smallest absolute Gasteiger partial charge is 0.182 e. The minimum absolute atomic E-state index is 0.748. The number of H-pyrrole nitrogens is 1. The van der Waals surface area contributed by atoms with Crippen molar-refractivity contribution in [2.24, 2.45) is 0 Å². The Hall–Kier alpha value is -1.87. The van der Waals surface area contributed by atoms with E-state index in [0.717, 1.165) is 22.4 Å². The highest BCUT2D eigenvalue weighted by molar-refractivity contribution is 7.71. The molecule has 96 valence electrons. The second-order valence-corrected chi connectivity index (χ2v) is 5.15. The maximum absolute atomic E-state index is 5.48. The van der Waals surface area contributed by atoms with Crippen LogP contribution in [0.5, 0.6) is 0 Å². The number of hydrogen-bond donors (Lipinski definition) is 1. The molecule has 0 atom stereocenters. The van der Waals surface area contributed by atoms with Gasteiger partial charge in [-0.15, -0.1) is 0 Å². The second kappa shape index (κ2) is 4.67. The van der Waals surface area contributed by atoms with Crippen LogP contribution in [-0.4, -0.2) is 9.55 Å². The second-order valence-electron chi connectivity index (χ2n) is 4.76. The molecular weight excluding hydrogens is 252 g/mol. The van der Waals surface area contributed by atoms with Gasteiger partial charge in [0.15, 0.2) is 4.77 Å². The first-order valence-electron chi connectivity index (χ1n) is 6.50. The van der Waals surface area contributed by atoms with Crippen molar-refractivity contribution in [2.75, 3.05) is 0 Å². The van der Waals surface area contributed by atoms with Gasteiger partial charge >= 0.3 is 0 Å². The highest BCUT2D eigenvalue weighted by Crippen LogP contribution is 2.23. The van der Waals surface area contributed by atoms with Crippen LogP contribution in [0.4, 0.5) is 0 Å². The first-order chi connectivity index (χ1) is 9.20. The Kier molecular flexibility index (Phi) is 2.99. The Balaban J connectivity index is 2.35. The molecule has 19 heavy (non-hydrogen) atoms. The van der Waals surface area contributed by atoms with Gasteiger partial charge in [-0.1, -0.05) is 31.2 Å². The van der Waals surface area contributed by atoms with E-state index in [4.69, 9.17) is 12.2 Å². The number of aromatic amines is 1. The molecule has 0 bridgehead atoms. The maximum Gasteiger partial charge on any atom is 0.182 e. The first kappa shape index (κ1) is 12.2. The molecule has 2 aromatic carbocycles. The van der Waals surface area contributed by atoms with Crippen LogP contribution >= 0.6 is 12.2 Å². The molecule has 0 saturated carbocycles. The van der Waals surface area contributed by atoms with Gasteiger partial charge in [0.1, 0.15) is 0 Å². The van der Waals surface area contributed by atoms with Crippen LogP contribution in [0, 0.1) is 11.7 Å². The van der Waals surface area contributed by atoms with Crippen molar-refractivity contribution >= 4 is 23.3 Å². The standard InChI is InChI=1S/C16H16N2S/c1-3-12-7-5-8-13(10-12)18-15-11(2)6-4-9-14(15)17-16(18)19/h4-10H,3H2,1-2H3,(H,17,19). The Labute approximate surface area is 117 Å². The van der Waals surface area contributed by atoms with E-state index >= 15 is 0 Å². The lowest BCUT2D eigenvalue weighted by molar-refractivity contribution is 1.04. The summed E-state index contributed by atoms with van der Waals surface area (Å²) >= 11 is 5.48. The van der Waals surface area contributed by atoms with E-state index in [-0.39, 0.29) is 0 Å². The summed E-state index contributed by atoms with van der Waals surface area (Å²) in [4.78, 5) is 3.28. The molecule has 0 saturated heterocycles. The fourth-order valence-corrected chi connectivity index (χ4v) is 2.80. The van der Waals surface area contributed by atoms with Crippen molar-refractivity contribution in [3.63, 3.8) is 0 Å². The van der Waals surface area contributed by atoms with E-state index in [0.29, 0.717) is 0 Å². The number of aromatic nitrogens is 2. The normalized spacial score (nSPS) is 11.1. The molecule has 0 aliphatic carbocycles. The molecule has 1 aromatic heterocycles. The number of para-hydroxylation sites is 1. The van der Waals surface area contributed by atoms with Crippen molar-refractivity contribution in [3.8, 4) is 5.69 Å². The minimum Gasteiger partial charge on any atom is -0.330 e. The largest absolute Gasteiger partial charge is 0.330 e. The summed E-state index contributed by atoms with van der Waals surface area (Å²) in [6, 6.07) is 14.8. The summed E-state index contributed by atoms with van der Waals surface area (Å²) in [5.41, 5.74) is 5.94. The lowest BCUT2D eigenvalue weighted by atomic mass is 10.1. The summed E-state index contributed by atoms with van der Waals surface area (Å²) in [6.07, 6.45) is 1.03. The van der Waals surface area contributed by atoms with Gasteiger partial charge in [-0.2, -0.15) is 0 Å². The van der Waals surface area contributed by atoms with Crippen molar-refractivity contribution < 1.29 is 0 Å². The number of hydrogen-bond acceptors (Lipinski definition) is 1. The summed E-state index contributed by atoms with van der Waals surface area (Å²) < 4.78 is 2.87. The third-order valence-electron chi connectivity index (χ3n) is 3.48. The van der Waals surface area contributed by atoms with Crippen LogP contribution in [0.25, 0.3) is 16.7 Å². The van der Waals surface area contributed by atoms with E-state index in [2.05, 4.69) is 65.9 Å². The van der Waals surface area contributed by atoms with E-state index in [1.54, 1.807) is 0 Å². The van der Waals surface area contributed by atoms with Crippen molar-refractivity contribution in [1.29, 1.82) is 0 Å². The third-order valence-corrected chi connectivity index (χ3v) is 3.77. The zero-order chi connectivity index (χ0) is 13.4. The molecule has 0 fully saturated rings. The molecule has 0 radical (unpaired) electrons. The van der Waals surface area contributed by atoms with Crippen LogP contribution in [0.3, 0.4) is 0 Å². The fourth-order valence-electron chi connectivity index (χ4n) is 2.49. The van der Waals surface area contributed by atoms with Crippen LogP contribution < -0.4 is 0 Å². The summed E-state index contributed by atoms with van der Waals surface area (Å²) in [6.45, 7) is 4.28. The SMILES string of the molecule is CCc1cccc(-n2c(=S)[nH]c3cccc(C)c32)c1. The molecule has 3 rings (SSSR count). The van der Waals surface area contributed by atoms with Crippen LogP contribution in [0.15, 0.2) is 42.5 Å². The predicted octanol–water partition coefficient (Wildman–Crippen LogP) is 4.56. The number of rotatable bonds is 2. The Morgan fingerprint density at radius 2 is 1.95 bits per heavy atom. The minimum atomic E-state index is 0.748. The van der Waals surface area contributed by atoms with Gasteiger partial charge in [-0.3, -0.25) is 4.57 Å². The van der Waals surface area contributed by atoms with Gasteiger partial charge in [0.05, 0.1) is 11.0 Å². The summed E-state index contributed by atoms with van der Waals surface area (Å²) in [5.74, 6) is 0. The molecule has 1 N–H and O–H groups in total. The van der Waals surface area contributed by atoms with Crippen LogP contribution in [0.2, 0.25) is 0 Å². The predicted molar refractivity (Wildman–Crippen MR) is 82.6 cm³/mol. The van der Waals surface area contributed by atoms with E-state index in [1.165, 1.54) is 16.6 Å². The Morgan fingerprint density at radius 1 is 1.16 bits per heavy atom. The van der Waals surface area contributed by atoms with Gasteiger partial charge < -0.3 is 4.98 Å². The van der Waals surface area contributed by atoms with Gasteiger partial charge in [0, 0.05) is 5.69 Å². The highest BCUT2D eigenvalue weighted by Gasteiger charge is 2.08. The average molecular weight is 268 g/mol. The Morgan fingerprint density at radius 3 is 2.74 bits per heavy atom.